The molecule has 0 radical (unpaired) electrons. The number of carbonyl (C=O) groups excluding carboxylic acids is 1. The Kier molecular flexibility index (Phi) is 6.38. The number of carbonyl (C=O) groups is 1. The Morgan fingerprint density at radius 2 is 1.67 bits per heavy atom. The highest BCUT2D eigenvalue weighted by Gasteiger charge is 2.22. The van der Waals surface area contributed by atoms with E-state index in [9.17, 15) is 4.79 Å². The van der Waals surface area contributed by atoms with Crippen LogP contribution in [0.15, 0.2) is 97.6 Å². The molecule has 6 rings (SSSR count). The number of nitrogens with zero attached hydrogens (tertiary/aromatic N) is 6. The molecule has 9 heteroatoms. The van der Waals surface area contributed by atoms with Gasteiger partial charge in [0.25, 0.3) is 0 Å². The maximum Gasteiger partial charge on any atom is 0.340 e. The van der Waals surface area contributed by atoms with Crippen LogP contribution in [0.5, 0.6) is 0 Å². The Balaban J connectivity index is 1.47. The average molecular weight is 518 g/mol. The lowest BCUT2D eigenvalue weighted by Crippen LogP contribution is -2.24. The van der Waals surface area contributed by atoms with E-state index in [1.54, 1.807) is 21.8 Å². The Labute approximate surface area is 225 Å². The van der Waals surface area contributed by atoms with Gasteiger partial charge in [0.05, 0.1) is 36.3 Å². The summed E-state index contributed by atoms with van der Waals surface area (Å²) in [6, 6.07) is 24.4. The van der Waals surface area contributed by atoms with E-state index in [1.807, 2.05) is 68.0 Å². The van der Waals surface area contributed by atoms with Crippen molar-refractivity contribution in [3.05, 3.63) is 114 Å². The van der Waals surface area contributed by atoms with E-state index in [-0.39, 0.29) is 0 Å². The Bertz CT molecular complexity index is 1690. The fraction of sp³-hybridized carbons (Fsp3) is 0.133. The summed E-state index contributed by atoms with van der Waals surface area (Å²) in [6.07, 6.45) is 7.13. The molecular weight excluding hydrogens is 490 g/mol. The number of rotatable bonds is 8. The molecule has 2 aromatic carbocycles. The van der Waals surface area contributed by atoms with Crippen molar-refractivity contribution in [2.75, 3.05) is 12.0 Å². The number of nitrogens with one attached hydrogen (secondary N) is 1. The zero-order valence-corrected chi connectivity index (χ0v) is 21.7. The van der Waals surface area contributed by atoms with Gasteiger partial charge in [-0.05, 0) is 23.3 Å². The van der Waals surface area contributed by atoms with Crippen molar-refractivity contribution in [2.24, 2.45) is 7.05 Å². The number of methoxy groups -OCH3 is 1. The van der Waals surface area contributed by atoms with E-state index < -0.39 is 5.97 Å². The van der Waals surface area contributed by atoms with Gasteiger partial charge in [0.2, 0.25) is 0 Å². The van der Waals surface area contributed by atoms with Gasteiger partial charge in [-0.2, -0.15) is 10.2 Å². The summed E-state index contributed by atoms with van der Waals surface area (Å²) in [4.78, 5) is 23.2. The maximum absolute atomic E-state index is 12.7. The molecule has 0 aliphatic carbocycles. The number of fused-ring (bicyclic) bond motifs is 1. The highest BCUT2D eigenvalue weighted by molar-refractivity contribution is 6.07. The zero-order chi connectivity index (χ0) is 26.8. The molecule has 0 aliphatic rings. The van der Waals surface area contributed by atoms with Crippen molar-refractivity contribution in [3.8, 4) is 17.1 Å². The zero-order valence-electron chi connectivity index (χ0n) is 21.7. The number of hydrogen-bond acceptors (Lipinski definition) is 6. The van der Waals surface area contributed by atoms with Crippen LogP contribution in [0.3, 0.4) is 0 Å². The van der Waals surface area contributed by atoms with E-state index in [0.29, 0.717) is 18.7 Å². The number of H-pyrrole nitrogens is 1. The van der Waals surface area contributed by atoms with Crippen LogP contribution >= 0.6 is 0 Å². The van der Waals surface area contributed by atoms with Crippen LogP contribution in [0.4, 0.5) is 5.82 Å². The first kappa shape index (κ1) is 24.2. The molecule has 0 bridgehead atoms. The summed E-state index contributed by atoms with van der Waals surface area (Å²) < 4.78 is 8.58. The minimum Gasteiger partial charge on any atom is -0.465 e. The quantitative estimate of drug-likeness (QED) is 0.281. The summed E-state index contributed by atoms with van der Waals surface area (Å²) in [5.41, 5.74) is 5.81. The van der Waals surface area contributed by atoms with Crippen molar-refractivity contribution in [2.45, 2.75) is 13.1 Å². The first-order valence-corrected chi connectivity index (χ1v) is 12.6. The molecule has 6 aromatic rings. The molecule has 39 heavy (non-hydrogen) atoms. The molecule has 0 spiro atoms. The van der Waals surface area contributed by atoms with Crippen molar-refractivity contribution in [3.63, 3.8) is 0 Å². The number of anilines is 1. The molecule has 194 valence electrons. The van der Waals surface area contributed by atoms with Gasteiger partial charge >= 0.3 is 5.97 Å². The van der Waals surface area contributed by atoms with Crippen molar-refractivity contribution in [1.29, 1.82) is 0 Å². The molecule has 0 fully saturated rings. The largest absolute Gasteiger partial charge is 0.465 e. The van der Waals surface area contributed by atoms with Gasteiger partial charge in [-0.3, -0.25) is 4.68 Å². The number of aromatic nitrogens is 6. The fourth-order valence-corrected chi connectivity index (χ4v) is 4.70. The number of aromatic amines is 1. The first-order chi connectivity index (χ1) is 19.1. The fourth-order valence-electron chi connectivity index (χ4n) is 4.70. The second-order valence-electron chi connectivity index (χ2n) is 9.30. The lowest BCUT2D eigenvalue weighted by Gasteiger charge is -2.25. The molecule has 0 saturated heterocycles. The lowest BCUT2D eigenvalue weighted by atomic mass is 10.1. The Hall–Kier alpha value is -5.18. The molecule has 0 unspecified atom stereocenters. The predicted octanol–water partition coefficient (Wildman–Crippen LogP) is 5.14. The standard InChI is InChI=1S/C30H27N7O2/c1-35-20-23(16-32-35)37-14-13-26(34-37)27-15-24-25(30(38)39-2)17-31-29(28(24)33-27)36(18-21-9-5-3-6-10-21)19-22-11-7-4-8-12-22/h3-17,20,33H,18-19H2,1-2H3. The normalized spacial score (nSPS) is 11.1. The van der Waals surface area contributed by atoms with E-state index in [2.05, 4.69) is 39.2 Å². The van der Waals surface area contributed by atoms with Crippen molar-refractivity contribution in [1.82, 2.24) is 29.5 Å². The molecule has 0 amide bonds. The van der Waals surface area contributed by atoms with Crippen LogP contribution in [0, 0.1) is 0 Å². The number of ether oxygens (including phenoxy) is 1. The van der Waals surface area contributed by atoms with E-state index >= 15 is 0 Å². The minimum absolute atomic E-state index is 0.393. The topological polar surface area (TPSA) is 93.9 Å². The Morgan fingerprint density at radius 1 is 0.974 bits per heavy atom. The third kappa shape index (κ3) is 4.89. The molecule has 1 N–H and O–H groups in total. The summed E-state index contributed by atoms with van der Waals surface area (Å²) in [5.74, 6) is 0.298. The van der Waals surface area contributed by atoms with Crippen LogP contribution in [0.1, 0.15) is 21.5 Å². The smallest absolute Gasteiger partial charge is 0.340 e. The van der Waals surface area contributed by atoms with Crippen LogP contribution in [-0.2, 0) is 24.9 Å². The molecule has 9 nitrogen and oxygen atoms in total. The van der Waals surface area contributed by atoms with Crippen LogP contribution in [0.25, 0.3) is 28.0 Å². The monoisotopic (exact) mass is 517 g/mol. The van der Waals surface area contributed by atoms with Gasteiger partial charge in [0.15, 0.2) is 5.82 Å². The van der Waals surface area contributed by atoms with Gasteiger partial charge in [0, 0.05) is 37.9 Å². The first-order valence-electron chi connectivity index (χ1n) is 12.6. The van der Waals surface area contributed by atoms with E-state index in [4.69, 9.17) is 14.8 Å². The van der Waals surface area contributed by atoms with E-state index in [1.165, 1.54) is 7.11 Å². The van der Waals surface area contributed by atoms with Gasteiger partial charge in [-0.25, -0.2) is 14.5 Å². The highest BCUT2D eigenvalue weighted by atomic mass is 16.5. The Morgan fingerprint density at radius 3 is 2.28 bits per heavy atom. The third-order valence-electron chi connectivity index (χ3n) is 6.61. The third-order valence-corrected chi connectivity index (χ3v) is 6.61. The van der Waals surface area contributed by atoms with Crippen molar-refractivity contribution >= 4 is 22.7 Å². The number of hydrogen-bond donors (Lipinski definition) is 1. The number of benzene rings is 2. The number of pyridine rings is 1. The average Bonchev–Trinajstić information content (AvgIpc) is 3.72. The molecule has 0 saturated carbocycles. The lowest BCUT2D eigenvalue weighted by molar-refractivity contribution is 0.0602. The molecule has 0 atom stereocenters. The molecule has 4 heterocycles. The maximum atomic E-state index is 12.7. The second-order valence-corrected chi connectivity index (χ2v) is 9.30. The number of esters is 1. The van der Waals surface area contributed by atoms with Gasteiger partial charge in [-0.1, -0.05) is 60.7 Å². The molecular formula is C30H27N7O2. The van der Waals surface area contributed by atoms with Crippen LogP contribution in [0.2, 0.25) is 0 Å². The van der Waals surface area contributed by atoms with Gasteiger partial charge in [0.1, 0.15) is 11.4 Å². The highest BCUT2D eigenvalue weighted by Crippen LogP contribution is 2.33. The molecule has 4 aromatic heterocycles. The van der Waals surface area contributed by atoms with Crippen LogP contribution < -0.4 is 4.90 Å². The van der Waals surface area contributed by atoms with Crippen molar-refractivity contribution < 1.29 is 9.53 Å². The summed E-state index contributed by atoms with van der Waals surface area (Å²) in [6.45, 7) is 1.28. The second kappa shape index (κ2) is 10.3. The molecule has 0 aliphatic heterocycles. The van der Waals surface area contributed by atoms with Gasteiger partial charge in [-0.15, -0.1) is 0 Å². The summed E-state index contributed by atoms with van der Waals surface area (Å²) in [5, 5.41) is 9.70. The summed E-state index contributed by atoms with van der Waals surface area (Å²) >= 11 is 0. The minimum atomic E-state index is -0.442. The van der Waals surface area contributed by atoms with Gasteiger partial charge < -0.3 is 14.6 Å². The SMILES string of the molecule is COC(=O)c1cnc(N(Cc2ccccc2)Cc2ccccc2)c2[nH]c(-c3ccn(-c4cnn(C)c4)n3)cc12. The predicted molar refractivity (Wildman–Crippen MR) is 150 cm³/mol. The summed E-state index contributed by atoms with van der Waals surface area (Å²) in [7, 11) is 3.24. The van der Waals surface area contributed by atoms with E-state index in [0.717, 1.165) is 44.9 Å². The number of aryl methyl sites for hydroxylation is 1. The van der Waals surface area contributed by atoms with Crippen LogP contribution in [-0.4, -0.2) is 42.6 Å².